The summed E-state index contributed by atoms with van der Waals surface area (Å²) in [6.45, 7) is 4.55. The molecule has 2 heteroatoms. The van der Waals surface area contributed by atoms with E-state index in [-0.39, 0.29) is 0 Å². The van der Waals surface area contributed by atoms with Gasteiger partial charge in [0, 0.05) is 32.9 Å². The highest BCUT2D eigenvalue weighted by Gasteiger charge is 2.19. The molecule has 2 heterocycles. The third-order valence-electron chi connectivity index (χ3n) is 9.66. The molecule has 46 heavy (non-hydrogen) atoms. The Bertz CT molecular complexity index is 2300. The fourth-order valence-corrected chi connectivity index (χ4v) is 7.27. The first-order chi connectivity index (χ1) is 22.7. The number of nitrogens with zero attached hydrogens (tertiary/aromatic N) is 2. The Hall–Kier alpha value is -5.08. The number of aromatic nitrogens is 2. The van der Waals surface area contributed by atoms with E-state index < -0.39 is 0 Å². The molecule has 0 spiro atoms. The molecule has 6 aromatic carbocycles. The third-order valence-corrected chi connectivity index (χ3v) is 9.66. The van der Waals surface area contributed by atoms with E-state index in [9.17, 15) is 0 Å². The number of unbranched alkanes of at least 4 members (excludes halogenated alkanes) is 2. The first-order valence-electron chi connectivity index (χ1n) is 17.0. The number of hydrogen-bond acceptors (Lipinski definition) is 0. The molecule has 0 unspecified atom stereocenters. The molecule has 0 fully saturated rings. The molecule has 0 amide bonds. The molecule has 226 valence electrons. The van der Waals surface area contributed by atoms with Crippen molar-refractivity contribution in [3.05, 3.63) is 145 Å². The summed E-state index contributed by atoms with van der Waals surface area (Å²) in [5.74, 6) is 0. The summed E-state index contributed by atoms with van der Waals surface area (Å²) in [6, 6.07) is 49.8. The van der Waals surface area contributed by atoms with E-state index in [1.807, 2.05) is 0 Å². The Balaban J connectivity index is 1.43. The van der Waals surface area contributed by atoms with Crippen LogP contribution < -0.4 is 0 Å². The Labute approximate surface area is 271 Å². The third kappa shape index (κ3) is 4.90. The number of para-hydroxylation sites is 1. The van der Waals surface area contributed by atoms with E-state index in [0.29, 0.717) is 0 Å². The molecule has 0 radical (unpaired) electrons. The molecule has 8 rings (SSSR count). The largest absolute Gasteiger partial charge is 0.309 e. The minimum atomic E-state index is 1.11. The summed E-state index contributed by atoms with van der Waals surface area (Å²) in [5.41, 5.74) is 12.7. The number of fused-ring (bicyclic) bond motifs is 6. The van der Waals surface area contributed by atoms with E-state index in [0.717, 1.165) is 12.8 Å². The van der Waals surface area contributed by atoms with Crippen LogP contribution in [0.1, 0.15) is 50.7 Å². The second-order valence-corrected chi connectivity index (χ2v) is 12.7. The lowest BCUT2D eigenvalue weighted by atomic mass is 10.0. The van der Waals surface area contributed by atoms with Gasteiger partial charge in [0.2, 0.25) is 0 Å². The van der Waals surface area contributed by atoms with Crippen LogP contribution in [0.5, 0.6) is 0 Å². The topological polar surface area (TPSA) is 9.86 Å². The van der Waals surface area contributed by atoms with Gasteiger partial charge in [-0.25, -0.2) is 0 Å². The zero-order valence-corrected chi connectivity index (χ0v) is 26.8. The van der Waals surface area contributed by atoms with Crippen molar-refractivity contribution in [2.75, 3.05) is 0 Å². The number of rotatable bonds is 9. The van der Waals surface area contributed by atoms with Gasteiger partial charge in [-0.1, -0.05) is 99.5 Å². The molecule has 2 nitrogen and oxygen atoms in total. The molecule has 0 saturated carbocycles. The summed E-state index contributed by atoms with van der Waals surface area (Å²) in [5, 5.41) is 5.31. The summed E-state index contributed by atoms with van der Waals surface area (Å²) >= 11 is 0. The van der Waals surface area contributed by atoms with Gasteiger partial charge in [-0.15, -0.1) is 0 Å². The van der Waals surface area contributed by atoms with Crippen molar-refractivity contribution >= 4 is 43.6 Å². The highest BCUT2D eigenvalue weighted by atomic mass is 15.0. The predicted octanol–water partition coefficient (Wildman–Crippen LogP) is 12.2. The van der Waals surface area contributed by atoms with E-state index in [1.54, 1.807) is 0 Å². The van der Waals surface area contributed by atoms with E-state index in [4.69, 9.17) is 0 Å². The van der Waals surface area contributed by atoms with Crippen LogP contribution in [0.25, 0.3) is 66.1 Å². The van der Waals surface area contributed by atoms with Crippen LogP contribution in [0.4, 0.5) is 0 Å². The van der Waals surface area contributed by atoms with Crippen LogP contribution in [-0.2, 0) is 12.8 Å². The first-order valence-corrected chi connectivity index (χ1v) is 17.0. The molecule has 0 saturated heterocycles. The lowest BCUT2D eigenvalue weighted by molar-refractivity contribution is 0.796. The monoisotopic (exact) mass is 596 g/mol. The highest BCUT2D eigenvalue weighted by Crippen LogP contribution is 2.40. The molecule has 8 aromatic rings. The lowest BCUT2D eigenvalue weighted by Crippen LogP contribution is -1.96. The second kappa shape index (κ2) is 12.0. The van der Waals surface area contributed by atoms with Gasteiger partial charge in [0.05, 0.1) is 22.1 Å². The van der Waals surface area contributed by atoms with Crippen LogP contribution >= 0.6 is 0 Å². The van der Waals surface area contributed by atoms with Crippen molar-refractivity contribution < 1.29 is 0 Å². The number of hydrogen-bond donors (Lipinski definition) is 0. The van der Waals surface area contributed by atoms with Crippen molar-refractivity contribution in [2.24, 2.45) is 0 Å². The molecule has 0 bridgehead atoms. The molecule has 0 aliphatic carbocycles. The normalized spacial score (nSPS) is 11.8. The van der Waals surface area contributed by atoms with Gasteiger partial charge in [0.25, 0.3) is 0 Å². The summed E-state index contributed by atoms with van der Waals surface area (Å²) in [4.78, 5) is 0. The quantitative estimate of drug-likeness (QED) is 0.157. The van der Waals surface area contributed by atoms with Crippen LogP contribution in [-0.4, -0.2) is 9.13 Å². The minimum Gasteiger partial charge on any atom is -0.309 e. The summed E-state index contributed by atoms with van der Waals surface area (Å²) in [6.07, 6.45) is 7.06. The van der Waals surface area contributed by atoms with Crippen LogP contribution in [0.2, 0.25) is 0 Å². The van der Waals surface area contributed by atoms with Crippen LogP contribution in [0, 0.1) is 0 Å². The smallest absolute Gasteiger partial charge is 0.0562 e. The zero-order chi connectivity index (χ0) is 31.0. The lowest BCUT2D eigenvalue weighted by Gasteiger charge is -2.11. The fraction of sp³-hybridized carbons (Fsp3) is 0.182. The van der Waals surface area contributed by atoms with Crippen LogP contribution in [0.3, 0.4) is 0 Å². The van der Waals surface area contributed by atoms with Gasteiger partial charge in [0.1, 0.15) is 0 Å². The summed E-state index contributed by atoms with van der Waals surface area (Å²) < 4.78 is 4.93. The van der Waals surface area contributed by atoms with Crippen molar-refractivity contribution in [1.82, 2.24) is 9.13 Å². The van der Waals surface area contributed by atoms with Crippen molar-refractivity contribution in [1.29, 1.82) is 0 Å². The maximum absolute atomic E-state index is 2.48. The standard InChI is InChI=1S/C44H40N2/c1-3-5-13-31-19-25-41-37(27-31)39-29-40-38-28-32(14-6-4-2)20-26-42(38)46(36-23-21-34(22-24-36)33-15-9-7-10-16-33)44(40)30-43(39)45(41)35-17-11-8-12-18-35/h7-12,15-30H,3-6,13-14H2,1-2H3. The Morgan fingerprint density at radius 1 is 0.391 bits per heavy atom. The maximum atomic E-state index is 2.48. The van der Waals surface area contributed by atoms with Gasteiger partial charge in [-0.05, 0) is 109 Å². The van der Waals surface area contributed by atoms with Crippen molar-refractivity contribution in [3.63, 3.8) is 0 Å². The Morgan fingerprint density at radius 2 is 0.848 bits per heavy atom. The average Bonchev–Trinajstić information content (AvgIpc) is 3.60. The average molecular weight is 597 g/mol. The molecule has 2 aromatic heterocycles. The molecule has 0 aliphatic heterocycles. The van der Waals surface area contributed by atoms with E-state index in [1.165, 1.54) is 103 Å². The van der Waals surface area contributed by atoms with Gasteiger partial charge in [-0.2, -0.15) is 0 Å². The Morgan fingerprint density at radius 3 is 1.37 bits per heavy atom. The van der Waals surface area contributed by atoms with Crippen molar-refractivity contribution in [3.8, 4) is 22.5 Å². The van der Waals surface area contributed by atoms with Crippen LogP contribution in [0.15, 0.2) is 133 Å². The molecular weight excluding hydrogens is 556 g/mol. The number of aryl methyl sites for hydroxylation is 2. The summed E-state index contributed by atoms with van der Waals surface area (Å²) in [7, 11) is 0. The van der Waals surface area contributed by atoms with Crippen molar-refractivity contribution in [2.45, 2.75) is 52.4 Å². The van der Waals surface area contributed by atoms with Gasteiger partial charge in [-0.3, -0.25) is 0 Å². The molecule has 0 N–H and O–H groups in total. The van der Waals surface area contributed by atoms with E-state index in [2.05, 4.69) is 156 Å². The molecule has 0 aliphatic rings. The maximum Gasteiger partial charge on any atom is 0.0562 e. The van der Waals surface area contributed by atoms with Gasteiger partial charge < -0.3 is 9.13 Å². The first kappa shape index (κ1) is 28.4. The SMILES string of the molecule is CCCCc1ccc2c(c1)c1cc3c4cc(CCCC)ccc4n(-c4ccc(-c5ccccc5)cc4)c3cc1n2-c1ccccc1. The van der Waals surface area contributed by atoms with E-state index >= 15 is 0 Å². The Kier molecular flexibility index (Phi) is 7.42. The zero-order valence-electron chi connectivity index (χ0n) is 26.8. The minimum absolute atomic E-state index is 1.11. The fourth-order valence-electron chi connectivity index (χ4n) is 7.27. The predicted molar refractivity (Wildman–Crippen MR) is 198 cm³/mol. The molecular formula is C44H40N2. The molecule has 0 atom stereocenters. The second-order valence-electron chi connectivity index (χ2n) is 12.7. The van der Waals surface area contributed by atoms with Gasteiger partial charge >= 0.3 is 0 Å². The highest BCUT2D eigenvalue weighted by molar-refractivity contribution is 6.19. The van der Waals surface area contributed by atoms with Gasteiger partial charge in [0.15, 0.2) is 0 Å². The number of benzene rings is 6.